The first-order valence-electron chi connectivity index (χ1n) is 10.1. The molecular formula is C27H23NS. The van der Waals surface area contributed by atoms with E-state index in [1.807, 2.05) is 18.0 Å². The quantitative estimate of drug-likeness (QED) is 0.311. The van der Waals surface area contributed by atoms with Gasteiger partial charge in [-0.15, -0.1) is 0 Å². The SMILES string of the molecule is CC(C)Cc1ccnc(-c2ccc3c(c2)-c2ccccc2-c2ccccc2S3)c1. The molecule has 1 nitrogen and oxygen atoms in total. The first-order valence-corrected chi connectivity index (χ1v) is 11.0. The molecule has 0 bridgehead atoms. The predicted molar refractivity (Wildman–Crippen MR) is 123 cm³/mol. The van der Waals surface area contributed by atoms with Crippen molar-refractivity contribution in [1.29, 1.82) is 0 Å². The maximum atomic E-state index is 4.68. The molecule has 1 aliphatic heterocycles. The van der Waals surface area contributed by atoms with Crippen molar-refractivity contribution in [3.05, 3.63) is 90.6 Å². The van der Waals surface area contributed by atoms with Crippen molar-refractivity contribution >= 4 is 11.8 Å². The minimum atomic E-state index is 0.638. The minimum Gasteiger partial charge on any atom is -0.256 e. The normalized spacial score (nSPS) is 12.1. The standard InChI is InChI=1S/C27H23NS/c1-18(2)15-19-13-14-28-25(16-19)20-11-12-27-24(17-20)22-8-4-3-7-21(22)23-9-5-6-10-26(23)29-27/h3-14,16-18H,15H2,1-2H3. The summed E-state index contributed by atoms with van der Waals surface area (Å²) in [5, 5.41) is 0. The molecule has 0 atom stereocenters. The van der Waals surface area contributed by atoms with Crippen molar-refractivity contribution in [1.82, 2.24) is 4.98 Å². The van der Waals surface area contributed by atoms with Gasteiger partial charge in [-0.3, -0.25) is 4.98 Å². The Morgan fingerprint density at radius 3 is 2.21 bits per heavy atom. The molecule has 0 saturated heterocycles. The summed E-state index contributed by atoms with van der Waals surface area (Å²) in [5.74, 6) is 0.638. The van der Waals surface area contributed by atoms with Crippen molar-refractivity contribution in [2.75, 3.05) is 0 Å². The van der Waals surface area contributed by atoms with Gasteiger partial charge in [0, 0.05) is 21.6 Å². The van der Waals surface area contributed by atoms with Gasteiger partial charge in [-0.1, -0.05) is 74.1 Å². The summed E-state index contributed by atoms with van der Waals surface area (Å²) in [7, 11) is 0. The second kappa shape index (κ2) is 7.53. The van der Waals surface area contributed by atoms with Crippen LogP contribution in [0.3, 0.4) is 0 Å². The lowest BCUT2D eigenvalue weighted by Crippen LogP contribution is -1.95. The highest BCUT2D eigenvalue weighted by Gasteiger charge is 2.20. The van der Waals surface area contributed by atoms with Gasteiger partial charge < -0.3 is 0 Å². The highest BCUT2D eigenvalue weighted by Crippen LogP contribution is 2.48. The Hall–Kier alpha value is -2.84. The molecule has 1 aliphatic rings. The molecular weight excluding hydrogens is 370 g/mol. The number of aromatic nitrogens is 1. The monoisotopic (exact) mass is 393 g/mol. The van der Waals surface area contributed by atoms with Gasteiger partial charge in [-0.05, 0) is 70.5 Å². The minimum absolute atomic E-state index is 0.638. The molecule has 0 spiro atoms. The Morgan fingerprint density at radius 1 is 0.724 bits per heavy atom. The van der Waals surface area contributed by atoms with Crippen LogP contribution >= 0.6 is 11.8 Å². The number of hydrogen-bond donors (Lipinski definition) is 0. The molecule has 0 N–H and O–H groups in total. The molecule has 0 aliphatic carbocycles. The predicted octanol–water partition coefficient (Wildman–Crippen LogP) is 7.75. The van der Waals surface area contributed by atoms with Gasteiger partial charge in [0.15, 0.2) is 0 Å². The zero-order valence-electron chi connectivity index (χ0n) is 16.7. The fourth-order valence-electron chi connectivity index (χ4n) is 4.07. The zero-order chi connectivity index (χ0) is 19.8. The van der Waals surface area contributed by atoms with E-state index in [4.69, 9.17) is 0 Å². The molecule has 3 aromatic carbocycles. The smallest absolute Gasteiger partial charge is 0.0704 e. The van der Waals surface area contributed by atoms with E-state index >= 15 is 0 Å². The van der Waals surface area contributed by atoms with Crippen LogP contribution in [0, 0.1) is 5.92 Å². The zero-order valence-corrected chi connectivity index (χ0v) is 17.5. The second-order valence-electron chi connectivity index (χ2n) is 8.00. The Morgan fingerprint density at radius 2 is 1.41 bits per heavy atom. The Balaban J connectivity index is 1.66. The van der Waals surface area contributed by atoms with Gasteiger partial charge in [0.1, 0.15) is 0 Å². The van der Waals surface area contributed by atoms with Crippen LogP contribution in [0.4, 0.5) is 0 Å². The first-order chi connectivity index (χ1) is 14.2. The lowest BCUT2D eigenvalue weighted by Gasteiger charge is -2.12. The van der Waals surface area contributed by atoms with Crippen molar-refractivity contribution in [2.24, 2.45) is 5.92 Å². The van der Waals surface area contributed by atoms with Gasteiger partial charge >= 0.3 is 0 Å². The van der Waals surface area contributed by atoms with Crippen LogP contribution in [0.15, 0.2) is 94.9 Å². The number of fused-ring (bicyclic) bond motifs is 5. The van der Waals surface area contributed by atoms with E-state index in [1.165, 1.54) is 43.2 Å². The largest absolute Gasteiger partial charge is 0.256 e. The Kier molecular flexibility index (Phi) is 4.73. The van der Waals surface area contributed by atoms with Crippen LogP contribution in [0.5, 0.6) is 0 Å². The molecule has 0 fully saturated rings. The molecule has 2 heterocycles. The average Bonchev–Trinajstić information content (AvgIpc) is 2.88. The van der Waals surface area contributed by atoms with Gasteiger partial charge in [-0.25, -0.2) is 0 Å². The summed E-state index contributed by atoms with van der Waals surface area (Å²) < 4.78 is 0. The van der Waals surface area contributed by atoms with Crippen LogP contribution in [0.1, 0.15) is 19.4 Å². The van der Waals surface area contributed by atoms with Crippen molar-refractivity contribution in [3.8, 4) is 33.5 Å². The fraction of sp³-hybridized carbons (Fsp3) is 0.148. The van der Waals surface area contributed by atoms with Crippen LogP contribution in [-0.4, -0.2) is 4.98 Å². The number of rotatable bonds is 3. The van der Waals surface area contributed by atoms with Crippen molar-refractivity contribution < 1.29 is 0 Å². The maximum absolute atomic E-state index is 4.68. The lowest BCUT2D eigenvalue weighted by molar-refractivity contribution is 0.647. The molecule has 4 aromatic rings. The maximum Gasteiger partial charge on any atom is 0.0704 e. The molecule has 2 heteroatoms. The summed E-state index contributed by atoms with van der Waals surface area (Å²) in [5.41, 5.74) is 8.76. The molecule has 29 heavy (non-hydrogen) atoms. The third kappa shape index (κ3) is 3.49. The number of pyridine rings is 1. The van der Waals surface area contributed by atoms with E-state index in [-0.39, 0.29) is 0 Å². The van der Waals surface area contributed by atoms with Crippen molar-refractivity contribution in [3.63, 3.8) is 0 Å². The van der Waals surface area contributed by atoms with E-state index in [2.05, 4.69) is 97.7 Å². The number of hydrogen-bond acceptors (Lipinski definition) is 2. The van der Waals surface area contributed by atoms with Crippen LogP contribution < -0.4 is 0 Å². The number of benzene rings is 3. The van der Waals surface area contributed by atoms with E-state index in [0.29, 0.717) is 5.92 Å². The molecule has 0 radical (unpaired) electrons. The highest BCUT2D eigenvalue weighted by molar-refractivity contribution is 7.99. The molecule has 0 saturated carbocycles. The Bertz CT molecular complexity index is 1190. The fourth-order valence-corrected chi connectivity index (χ4v) is 5.16. The summed E-state index contributed by atoms with van der Waals surface area (Å²) in [6.45, 7) is 4.52. The Labute approximate surface area is 176 Å². The van der Waals surface area contributed by atoms with Crippen LogP contribution in [0.2, 0.25) is 0 Å². The van der Waals surface area contributed by atoms with E-state index in [0.717, 1.165) is 12.1 Å². The van der Waals surface area contributed by atoms with E-state index < -0.39 is 0 Å². The molecule has 142 valence electrons. The van der Waals surface area contributed by atoms with Gasteiger partial charge in [0.25, 0.3) is 0 Å². The van der Waals surface area contributed by atoms with Gasteiger partial charge in [0.05, 0.1) is 5.69 Å². The van der Waals surface area contributed by atoms with Crippen LogP contribution in [0.25, 0.3) is 33.5 Å². The second-order valence-corrected chi connectivity index (χ2v) is 9.09. The third-order valence-corrected chi connectivity index (χ3v) is 6.51. The number of nitrogens with zero attached hydrogens (tertiary/aromatic N) is 1. The molecule has 0 amide bonds. The van der Waals surface area contributed by atoms with Crippen LogP contribution in [-0.2, 0) is 6.42 Å². The summed E-state index contributed by atoms with van der Waals surface area (Å²) in [6.07, 6.45) is 3.02. The molecule has 0 unspecified atom stereocenters. The van der Waals surface area contributed by atoms with E-state index in [1.54, 1.807) is 0 Å². The average molecular weight is 394 g/mol. The topological polar surface area (TPSA) is 12.9 Å². The van der Waals surface area contributed by atoms with Gasteiger partial charge in [0.2, 0.25) is 0 Å². The molecule has 5 rings (SSSR count). The summed E-state index contributed by atoms with van der Waals surface area (Å²) >= 11 is 1.85. The third-order valence-electron chi connectivity index (χ3n) is 5.36. The van der Waals surface area contributed by atoms with E-state index in [9.17, 15) is 0 Å². The van der Waals surface area contributed by atoms with Gasteiger partial charge in [-0.2, -0.15) is 0 Å². The highest BCUT2D eigenvalue weighted by atomic mass is 32.2. The molecule has 1 aromatic heterocycles. The lowest BCUT2D eigenvalue weighted by atomic mass is 9.93. The summed E-state index contributed by atoms with van der Waals surface area (Å²) in [6, 6.07) is 28.6. The first kappa shape index (κ1) is 18.2. The summed E-state index contributed by atoms with van der Waals surface area (Å²) in [4.78, 5) is 7.28. The van der Waals surface area contributed by atoms with Crippen molar-refractivity contribution in [2.45, 2.75) is 30.1 Å².